The summed E-state index contributed by atoms with van der Waals surface area (Å²) in [5.41, 5.74) is 7.69. The van der Waals surface area contributed by atoms with Crippen molar-refractivity contribution in [1.82, 2.24) is 9.97 Å². The topological polar surface area (TPSA) is 51.8 Å². The molecule has 3 aromatic rings. The van der Waals surface area contributed by atoms with Crippen LogP contribution in [-0.4, -0.2) is 9.97 Å². The zero-order valence-corrected chi connectivity index (χ0v) is 10.9. The number of thiazole rings is 2. The van der Waals surface area contributed by atoms with E-state index < -0.39 is 0 Å². The minimum atomic E-state index is 0.496. The summed E-state index contributed by atoms with van der Waals surface area (Å²) >= 11 is 3.35. The van der Waals surface area contributed by atoms with Gasteiger partial charge in [0.05, 0.1) is 20.8 Å². The Morgan fingerprint density at radius 1 is 1.18 bits per heavy atom. The summed E-state index contributed by atoms with van der Waals surface area (Å²) < 4.78 is 1.21. The van der Waals surface area contributed by atoms with E-state index in [1.54, 1.807) is 22.7 Å². The quantitative estimate of drug-likeness (QED) is 0.770. The van der Waals surface area contributed by atoms with Gasteiger partial charge in [-0.05, 0) is 19.1 Å². The predicted octanol–water partition coefficient (Wildman–Crippen LogP) is 3.19. The van der Waals surface area contributed by atoms with Crippen LogP contribution in [0.5, 0.6) is 0 Å². The highest BCUT2D eigenvalue weighted by Gasteiger charge is 2.13. The fourth-order valence-corrected chi connectivity index (χ4v) is 3.74. The van der Waals surface area contributed by atoms with Gasteiger partial charge in [0.2, 0.25) is 0 Å². The second-order valence-electron chi connectivity index (χ2n) is 3.71. The molecule has 0 amide bonds. The third-order valence-corrected chi connectivity index (χ3v) is 4.87. The molecular formula is C12H11N3S2. The molecule has 0 spiro atoms. The number of aromatic nitrogens is 2. The maximum absolute atomic E-state index is 5.62. The summed E-state index contributed by atoms with van der Waals surface area (Å²) in [6, 6.07) is 8.18. The van der Waals surface area contributed by atoms with Gasteiger partial charge in [0.15, 0.2) is 0 Å². The van der Waals surface area contributed by atoms with Crippen LogP contribution in [0.1, 0.15) is 10.7 Å². The third kappa shape index (κ3) is 1.86. The van der Waals surface area contributed by atoms with Crippen molar-refractivity contribution in [2.24, 2.45) is 5.73 Å². The van der Waals surface area contributed by atoms with E-state index in [-0.39, 0.29) is 0 Å². The van der Waals surface area contributed by atoms with Crippen LogP contribution in [0.2, 0.25) is 0 Å². The Morgan fingerprint density at radius 2 is 2.00 bits per heavy atom. The molecule has 2 heterocycles. The van der Waals surface area contributed by atoms with Crippen molar-refractivity contribution in [1.29, 1.82) is 0 Å². The fraction of sp³-hybridized carbons (Fsp3) is 0.167. The van der Waals surface area contributed by atoms with Crippen LogP contribution in [-0.2, 0) is 6.54 Å². The first-order valence-corrected chi connectivity index (χ1v) is 6.93. The fourth-order valence-electron chi connectivity index (χ4n) is 1.71. The van der Waals surface area contributed by atoms with Crippen LogP contribution >= 0.6 is 22.7 Å². The molecule has 0 aliphatic carbocycles. The Labute approximate surface area is 107 Å². The number of hydrogen-bond acceptors (Lipinski definition) is 5. The lowest BCUT2D eigenvalue weighted by Crippen LogP contribution is -1.94. The van der Waals surface area contributed by atoms with E-state index in [1.165, 1.54) is 4.70 Å². The van der Waals surface area contributed by atoms with Gasteiger partial charge >= 0.3 is 0 Å². The van der Waals surface area contributed by atoms with Crippen molar-refractivity contribution < 1.29 is 0 Å². The number of nitrogens with two attached hydrogens (primary N) is 1. The van der Waals surface area contributed by atoms with Crippen molar-refractivity contribution in [2.75, 3.05) is 0 Å². The molecule has 86 valence electrons. The molecule has 1 aromatic carbocycles. The van der Waals surface area contributed by atoms with Crippen LogP contribution in [0, 0.1) is 6.92 Å². The Hall–Kier alpha value is -1.30. The average Bonchev–Trinajstić information content (AvgIpc) is 2.91. The average molecular weight is 261 g/mol. The second-order valence-corrected chi connectivity index (χ2v) is 5.83. The SMILES string of the molecule is Cc1nc(CN)sc1-c1nc2ccccc2s1. The van der Waals surface area contributed by atoms with E-state index in [0.29, 0.717) is 6.54 Å². The molecule has 0 atom stereocenters. The summed E-state index contributed by atoms with van der Waals surface area (Å²) in [5, 5.41) is 2.01. The van der Waals surface area contributed by atoms with Crippen molar-refractivity contribution in [2.45, 2.75) is 13.5 Å². The summed E-state index contributed by atoms with van der Waals surface area (Å²) in [7, 11) is 0. The second kappa shape index (κ2) is 4.18. The third-order valence-electron chi connectivity index (χ3n) is 2.50. The van der Waals surface area contributed by atoms with Crippen LogP contribution in [0.25, 0.3) is 20.1 Å². The minimum absolute atomic E-state index is 0.496. The molecule has 0 aliphatic heterocycles. The number of fused-ring (bicyclic) bond motifs is 1. The van der Waals surface area contributed by atoms with Crippen LogP contribution in [0.3, 0.4) is 0 Å². The first kappa shape index (κ1) is 10.8. The number of rotatable bonds is 2. The van der Waals surface area contributed by atoms with Crippen molar-refractivity contribution >= 4 is 32.9 Å². The van der Waals surface area contributed by atoms with Crippen LogP contribution in [0.4, 0.5) is 0 Å². The van der Waals surface area contributed by atoms with Crippen LogP contribution < -0.4 is 5.73 Å². The maximum Gasteiger partial charge on any atom is 0.136 e. The van der Waals surface area contributed by atoms with Crippen molar-refractivity contribution in [3.8, 4) is 9.88 Å². The number of hydrogen-bond donors (Lipinski definition) is 1. The first-order chi connectivity index (χ1) is 8.28. The lowest BCUT2D eigenvalue weighted by Gasteiger charge is -1.88. The van der Waals surface area contributed by atoms with Gasteiger partial charge in [0, 0.05) is 6.54 Å². The molecule has 0 fully saturated rings. The van der Waals surface area contributed by atoms with Crippen molar-refractivity contribution in [3.05, 3.63) is 35.0 Å². The minimum Gasteiger partial charge on any atom is -0.325 e. The standard InChI is InChI=1S/C12H11N3S2/c1-7-11(17-10(6-13)14-7)12-15-8-4-2-3-5-9(8)16-12/h2-5H,6,13H2,1H3. The maximum atomic E-state index is 5.62. The number of nitrogens with zero attached hydrogens (tertiary/aromatic N) is 2. The lowest BCUT2D eigenvalue weighted by atomic mass is 10.3. The first-order valence-electron chi connectivity index (χ1n) is 5.30. The zero-order chi connectivity index (χ0) is 11.8. The highest BCUT2D eigenvalue weighted by Crippen LogP contribution is 2.35. The van der Waals surface area contributed by atoms with Gasteiger partial charge < -0.3 is 5.73 Å². The number of para-hydroxylation sites is 1. The number of aryl methyl sites for hydroxylation is 1. The van der Waals surface area contributed by atoms with E-state index >= 15 is 0 Å². The van der Waals surface area contributed by atoms with Gasteiger partial charge in [-0.25, -0.2) is 9.97 Å². The molecule has 3 nitrogen and oxygen atoms in total. The molecule has 2 N–H and O–H groups in total. The molecule has 0 saturated carbocycles. The van der Waals surface area contributed by atoms with E-state index in [0.717, 1.165) is 26.1 Å². The lowest BCUT2D eigenvalue weighted by molar-refractivity contribution is 1.02. The smallest absolute Gasteiger partial charge is 0.136 e. The molecule has 5 heteroatoms. The molecule has 17 heavy (non-hydrogen) atoms. The molecule has 2 aromatic heterocycles. The summed E-state index contributed by atoms with van der Waals surface area (Å²) in [5.74, 6) is 0. The normalized spacial score (nSPS) is 11.2. The Morgan fingerprint density at radius 3 is 2.71 bits per heavy atom. The predicted molar refractivity (Wildman–Crippen MR) is 73.4 cm³/mol. The van der Waals surface area contributed by atoms with Crippen molar-refractivity contribution in [3.63, 3.8) is 0 Å². The molecule has 0 aliphatic rings. The van der Waals surface area contributed by atoms with Gasteiger partial charge in [-0.2, -0.15) is 0 Å². The Balaban J connectivity index is 2.16. The molecule has 0 bridgehead atoms. The molecule has 3 rings (SSSR count). The van der Waals surface area contributed by atoms with E-state index in [2.05, 4.69) is 16.0 Å². The van der Waals surface area contributed by atoms with Gasteiger partial charge in [-0.15, -0.1) is 22.7 Å². The van der Waals surface area contributed by atoms with Crippen LogP contribution in [0.15, 0.2) is 24.3 Å². The monoisotopic (exact) mass is 261 g/mol. The van der Waals surface area contributed by atoms with Gasteiger partial charge in [-0.3, -0.25) is 0 Å². The highest BCUT2D eigenvalue weighted by molar-refractivity contribution is 7.25. The largest absolute Gasteiger partial charge is 0.325 e. The Kier molecular flexibility index (Phi) is 2.66. The summed E-state index contributed by atoms with van der Waals surface area (Å²) in [4.78, 5) is 10.2. The molecule has 0 radical (unpaired) electrons. The number of benzene rings is 1. The van der Waals surface area contributed by atoms with E-state index in [1.807, 2.05) is 25.1 Å². The Bertz CT molecular complexity index is 636. The van der Waals surface area contributed by atoms with E-state index in [4.69, 9.17) is 5.73 Å². The van der Waals surface area contributed by atoms with Gasteiger partial charge in [0.1, 0.15) is 10.0 Å². The highest BCUT2D eigenvalue weighted by atomic mass is 32.1. The molecule has 0 saturated heterocycles. The summed E-state index contributed by atoms with van der Waals surface area (Å²) in [6.45, 7) is 2.51. The molecule has 0 unspecified atom stereocenters. The zero-order valence-electron chi connectivity index (χ0n) is 9.30. The molecular weight excluding hydrogens is 250 g/mol. The van der Waals surface area contributed by atoms with E-state index in [9.17, 15) is 0 Å². The van der Waals surface area contributed by atoms with Gasteiger partial charge in [-0.1, -0.05) is 12.1 Å². The van der Waals surface area contributed by atoms with Gasteiger partial charge in [0.25, 0.3) is 0 Å². The summed E-state index contributed by atoms with van der Waals surface area (Å²) in [6.07, 6.45) is 0.